The third-order valence-corrected chi connectivity index (χ3v) is 2.37. The number of aliphatic hydroxyl groups excluding tert-OH is 1. The van der Waals surface area contributed by atoms with E-state index in [1.54, 1.807) is 0 Å². The summed E-state index contributed by atoms with van der Waals surface area (Å²) in [6, 6.07) is 3.40. The third-order valence-electron chi connectivity index (χ3n) is 2.37. The zero-order valence-corrected chi connectivity index (χ0v) is 9.34. The van der Waals surface area contributed by atoms with Gasteiger partial charge in [-0.3, -0.25) is 0 Å². The maximum Gasteiger partial charge on any atom is 0.129 e. The van der Waals surface area contributed by atoms with Crippen molar-refractivity contribution in [3.63, 3.8) is 0 Å². The molecule has 1 N–H and O–H groups in total. The molecular weight excluding hydrogens is 210 g/mol. The summed E-state index contributed by atoms with van der Waals surface area (Å²) in [5.41, 5.74) is 1.33. The molecular formula is C13H16F2O. The van der Waals surface area contributed by atoms with Gasteiger partial charge in [0.2, 0.25) is 0 Å². The summed E-state index contributed by atoms with van der Waals surface area (Å²) in [5.74, 6) is -1.20. The van der Waals surface area contributed by atoms with E-state index in [1.807, 2.05) is 6.92 Å². The van der Waals surface area contributed by atoms with Crippen molar-refractivity contribution in [1.29, 1.82) is 0 Å². The Kier molecular flexibility index (Phi) is 4.62. The number of benzene rings is 1. The first-order valence-electron chi connectivity index (χ1n) is 5.25. The molecule has 16 heavy (non-hydrogen) atoms. The molecule has 0 saturated heterocycles. The van der Waals surface area contributed by atoms with Crippen LogP contribution in [0.3, 0.4) is 0 Å². The first-order valence-corrected chi connectivity index (χ1v) is 5.25. The molecule has 1 rings (SSSR count). The molecule has 0 radical (unpaired) electrons. The van der Waals surface area contributed by atoms with Crippen molar-refractivity contribution in [3.05, 3.63) is 47.5 Å². The number of hydrogen-bond donors (Lipinski definition) is 1. The number of rotatable bonds is 5. The highest BCUT2D eigenvalue weighted by atomic mass is 19.1. The Morgan fingerprint density at radius 1 is 1.44 bits per heavy atom. The van der Waals surface area contributed by atoms with Crippen LogP contribution in [0.5, 0.6) is 0 Å². The minimum Gasteiger partial charge on any atom is -0.393 e. The van der Waals surface area contributed by atoms with Crippen LogP contribution in [0.15, 0.2) is 30.4 Å². The summed E-state index contributed by atoms with van der Waals surface area (Å²) in [6.07, 6.45) is 0.854. The lowest BCUT2D eigenvalue weighted by Gasteiger charge is -2.11. The quantitative estimate of drug-likeness (QED) is 0.764. The third kappa shape index (κ3) is 4.11. The van der Waals surface area contributed by atoms with Crippen LogP contribution in [-0.2, 0) is 6.42 Å². The van der Waals surface area contributed by atoms with Crippen molar-refractivity contribution in [3.8, 4) is 0 Å². The van der Waals surface area contributed by atoms with Crippen LogP contribution in [0.4, 0.5) is 8.78 Å². The maximum absolute atomic E-state index is 13.2. The first kappa shape index (κ1) is 12.8. The Bertz CT molecular complexity index is 374. The second-order valence-electron chi connectivity index (χ2n) is 4.09. The zero-order chi connectivity index (χ0) is 12.1. The Morgan fingerprint density at radius 3 is 2.69 bits per heavy atom. The van der Waals surface area contributed by atoms with E-state index in [2.05, 4.69) is 6.58 Å². The topological polar surface area (TPSA) is 20.2 Å². The fourth-order valence-electron chi connectivity index (χ4n) is 1.46. The molecule has 1 nitrogen and oxygen atoms in total. The Hall–Kier alpha value is -1.22. The fraction of sp³-hybridized carbons (Fsp3) is 0.385. The van der Waals surface area contributed by atoms with Crippen molar-refractivity contribution in [2.75, 3.05) is 0 Å². The highest BCUT2D eigenvalue weighted by molar-refractivity contribution is 5.19. The van der Waals surface area contributed by atoms with Gasteiger partial charge in [0.1, 0.15) is 11.6 Å². The lowest BCUT2D eigenvalue weighted by Crippen LogP contribution is -2.11. The van der Waals surface area contributed by atoms with Gasteiger partial charge >= 0.3 is 0 Å². The summed E-state index contributed by atoms with van der Waals surface area (Å²) in [6.45, 7) is 5.61. The van der Waals surface area contributed by atoms with Crippen LogP contribution in [0.2, 0.25) is 0 Å². The summed E-state index contributed by atoms with van der Waals surface area (Å²) < 4.78 is 25.9. The highest BCUT2D eigenvalue weighted by Crippen LogP contribution is 2.14. The van der Waals surface area contributed by atoms with Gasteiger partial charge in [0, 0.05) is 12.5 Å². The van der Waals surface area contributed by atoms with Crippen molar-refractivity contribution < 1.29 is 13.9 Å². The molecule has 0 aromatic heterocycles. The van der Waals surface area contributed by atoms with E-state index in [9.17, 15) is 13.9 Å². The van der Waals surface area contributed by atoms with Gasteiger partial charge in [-0.1, -0.05) is 11.6 Å². The largest absolute Gasteiger partial charge is 0.393 e. The van der Waals surface area contributed by atoms with Crippen molar-refractivity contribution >= 4 is 0 Å². The smallest absolute Gasteiger partial charge is 0.129 e. The normalized spacial score (nSPS) is 12.5. The maximum atomic E-state index is 13.2. The molecule has 0 fully saturated rings. The van der Waals surface area contributed by atoms with Gasteiger partial charge in [-0.05, 0) is 31.4 Å². The molecule has 0 heterocycles. The van der Waals surface area contributed by atoms with E-state index >= 15 is 0 Å². The standard InChI is InChI=1S/C13H16F2O/c1-9(2)3-6-12(16)7-10-4-5-11(14)8-13(10)15/h4-5,8,12,16H,1,3,6-7H2,2H3. The minimum atomic E-state index is -0.614. The van der Waals surface area contributed by atoms with Gasteiger partial charge in [0.05, 0.1) is 6.10 Å². The number of halogens is 2. The summed E-state index contributed by atoms with van der Waals surface area (Å²) >= 11 is 0. The zero-order valence-electron chi connectivity index (χ0n) is 9.34. The van der Waals surface area contributed by atoms with E-state index in [1.165, 1.54) is 12.1 Å². The van der Waals surface area contributed by atoms with E-state index in [0.29, 0.717) is 18.4 Å². The number of aliphatic hydroxyl groups is 1. The predicted octanol–water partition coefficient (Wildman–Crippen LogP) is 3.22. The second kappa shape index (κ2) is 5.75. The van der Waals surface area contributed by atoms with Gasteiger partial charge in [-0.25, -0.2) is 8.78 Å². The van der Waals surface area contributed by atoms with Gasteiger partial charge in [0.25, 0.3) is 0 Å². The number of allylic oxidation sites excluding steroid dienone is 1. The molecule has 1 aromatic rings. The van der Waals surface area contributed by atoms with Crippen LogP contribution in [0.1, 0.15) is 25.3 Å². The predicted molar refractivity (Wildman–Crippen MR) is 60.1 cm³/mol. The highest BCUT2D eigenvalue weighted by Gasteiger charge is 2.10. The average molecular weight is 226 g/mol. The van der Waals surface area contributed by atoms with E-state index in [-0.39, 0.29) is 6.42 Å². The Morgan fingerprint density at radius 2 is 2.12 bits per heavy atom. The van der Waals surface area contributed by atoms with Gasteiger partial charge in [0.15, 0.2) is 0 Å². The van der Waals surface area contributed by atoms with Crippen LogP contribution in [0.25, 0.3) is 0 Å². The Labute approximate surface area is 94.4 Å². The molecule has 0 aliphatic rings. The van der Waals surface area contributed by atoms with Gasteiger partial charge in [-0.15, -0.1) is 6.58 Å². The molecule has 0 aliphatic carbocycles. The van der Waals surface area contributed by atoms with Crippen molar-refractivity contribution in [2.45, 2.75) is 32.3 Å². The molecule has 3 heteroatoms. The monoisotopic (exact) mass is 226 g/mol. The minimum absolute atomic E-state index is 0.208. The molecule has 0 amide bonds. The van der Waals surface area contributed by atoms with Crippen molar-refractivity contribution in [1.82, 2.24) is 0 Å². The van der Waals surface area contributed by atoms with Crippen LogP contribution >= 0.6 is 0 Å². The van der Waals surface area contributed by atoms with Crippen LogP contribution in [-0.4, -0.2) is 11.2 Å². The van der Waals surface area contributed by atoms with E-state index in [0.717, 1.165) is 11.6 Å². The molecule has 0 spiro atoms. The van der Waals surface area contributed by atoms with Gasteiger partial charge < -0.3 is 5.11 Å². The number of hydrogen-bond acceptors (Lipinski definition) is 1. The summed E-state index contributed by atoms with van der Waals surface area (Å²) in [7, 11) is 0. The molecule has 88 valence electrons. The van der Waals surface area contributed by atoms with E-state index in [4.69, 9.17) is 0 Å². The van der Waals surface area contributed by atoms with E-state index < -0.39 is 17.7 Å². The molecule has 1 unspecified atom stereocenters. The molecule has 1 atom stereocenters. The first-order chi connectivity index (χ1) is 7.49. The van der Waals surface area contributed by atoms with Crippen LogP contribution < -0.4 is 0 Å². The lowest BCUT2D eigenvalue weighted by molar-refractivity contribution is 0.164. The fourth-order valence-corrected chi connectivity index (χ4v) is 1.46. The summed E-state index contributed by atoms with van der Waals surface area (Å²) in [4.78, 5) is 0. The SMILES string of the molecule is C=C(C)CCC(O)Cc1ccc(F)cc1F. The van der Waals surface area contributed by atoms with Crippen molar-refractivity contribution in [2.24, 2.45) is 0 Å². The lowest BCUT2D eigenvalue weighted by atomic mass is 10.0. The van der Waals surface area contributed by atoms with Gasteiger partial charge in [-0.2, -0.15) is 0 Å². The molecule has 0 saturated carbocycles. The Balaban J connectivity index is 2.55. The molecule has 1 aromatic carbocycles. The van der Waals surface area contributed by atoms with Crippen LogP contribution in [0, 0.1) is 11.6 Å². The average Bonchev–Trinajstić information content (AvgIpc) is 2.19. The summed E-state index contributed by atoms with van der Waals surface area (Å²) in [5, 5.41) is 9.64. The molecule has 0 bridgehead atoms. The second-order valence-corrected chi connectivity index (χ2v) is 4.09. The molecule has 0 aliphatic heterocycles.